The number of ketones is 1. The van der Waals surface area contributed by atoms with Crippen molar-refractivity contribution in [3.63, 3.8) is 0 Å². The Balaban J connectivity index is 1.48. The molecule has 4 aliphatic heterocycles. The third kappa shape index (κ3) is 9.78. The molecule has 1 fully saturated rings. The molecule has 11 atom stereocenters. The molecule has 3 aromatic rings. The number of rotatable bonds is 5. The number of allylic oxidation sites excluding steroid dienone is 2. The van der Waals surface area contributed by atoms with Gasteiger partial charge in [-0.1, -0.05) is 64.1 Å². The standard InChI is InChI=1S/C51H64N4O13/c1-25-16-15-17-26(2)49(63)53-40-35(22-52-54-23-27(3)55(28(4)24-54)50(64)34-18-13-12-14-19-34)44(60)37-38(45(40)61)43(59)32(8)47-39(37)48(62)51(10,68-47)66-21-20-36(65-11)29(5)46(67-33(9)56)31(7)42(58)30(6)41(25)57/h12-22,25,27-31,36,41-42,46,57-61H,23-24H2,1-11H3,(H,53,63)/t25-,27-,28+,29+,30-,31-,36+,41-,42-,46+,51-/m0/s1. The summed E-state index contributed by atoms with van der Waals surface area (Å²) in [5.74, 6) is -8.94. The average molecular weight is 941 g/mol. The fourth-order valence-electron chi connectivity index (χ4n) is 9.53. The SMILES string of the molecule is CO[C@@H]1C=CO[C@@]2(C)Oc3c(C)c(O)c4c(O)c(c(C=NN5C[C@@H](C)N(C(=O)c6ccccc6)[C@@H](C)C5)c(O)c4c3C2=O)NC(=O)C(C)=CC=C[C@H](C)[C@H](O)[C@H](C)[C@H](O)[C@H](C)[C@H](OC(C)=O)[C@@H]1C. The zero-order valence-corrected chi connectivity index (χ0v) is 40.4. The van der Waals surface area contributed by atoms with Crippen LogP contribution in [0.4, 0.5) is 5.69 Å². The highest BCUT2D eigenvalue weighted by Crippen LogP contribution is 2.55. The number of aliphatic hydroxyl groups is 2. The van der Waals surface area contributed by atoms with Crippen molar-refractivity contribution < 1.29 is 63.7 Å². The van der Waals surface area contributed by atoms with E-state index < -0.39 is 88.8 Å². The zero-order valence-electron chi connectivity index (χ0n) is 40.4. The van der Waals surface area contributed by atoms with Crippen molar-refractivity contribution in [2.45, 2.75) is 112 Å². The number of benzene rings is 3. The number of anilines is 1. The topological polar surface area (TPSA) is 237 Å². The lowest BCUT2D eigenvalue weighted by Crippen LogP contribution is -2.57. The number of aliphatic hydroxyl groups excluding tert-OH is 2. The number of fused-ring (bicyclic) bond motifs is 14. The fraction of sp³-hybridized carbons (Fsp3) is 0.471. The number of esters is 1. The lowest BCUT2D eigenvalue weighted by Gasteiger charge is -2.43. The number of Topliss-reactive ketones (excluding diaryl/α,β-unsaturated/α-hetero) is 1. The van der Waals surface area contributed by atoms with Gasteiger partial charge in [0.1, 0.15) is 23.4 Å². The predicted octanol–water partition coefficient (Wildman–Crippen LogP) is 6.32. The van der Waals surface area contributed by atoms with Crippen LogP contribution in [0.15, 0.2) is 71.6 Å². The van der Waals surface area contributed by atoms with Gasteiger partial charge in [-0.25, -0.2) is 0 Å². The lowest BCUT2D eigenvalue weighted by molar-refractivity contribution is -0.160. The van der Waals surface area contributed by atoms with Crippen LogP contribution < -0.4 is 10.1 Å². The molecule has 366 valence electrons. The highest BCUT2D eigenvalue weighted by atomic mass is 16.7. The van der Waals surface area contributed by atoms with Crippen LogP contribution in [0.3, 0.4) is 0 Å². The number of phenolic OH excluding ortho intramolecular Hbond substituents is 3. The molecule has 2 amide bonds. The van der Waals surface area contributed by atoms with Gasteiger partial charge >= 0.3 is 11.8 Å². The van der Waals surface area contributed by atoms with Gasteiger partial charge in [-0.15, -0.1) is 0 Å². The Labute approximate surface area is 396 Å². The van der Waals surface area contributed by atoms with E-state index in [9.17, 15) is 44.7 Å². The third-order valence-corrected chi connectivity index (χ3v) is 13.5. The molecule has 4 heterocycles. The monoisotopic (exact) mass is 940 g/mol. The van der Waals surface area contributed by atoms with Crippen LogP contribution in [0.25, 0.3) is 10.8 Å². The molecule has 4 aliphatic rings. The van der Waals surface area contributed by atoms with Gasteiger partial charge in [-0.3, -0.25) is 24.2 Å². The van der Waals surface area contributed by atoms with Crippen LogP contribution >= 0.6 is 0 Å². The van der Waals surface area contributed by atoms with Gasteiger partial charge in [0.15, 0.2) is 5.75 Å². The predicted molar refractivity (Wildman–Crippen MR) is 255 cm³/mol. The van der Waals surface area contributed by atoms with Gasteiger partial charge in [0.2, 0.25) is 0 Å². The van der Waals surface area contributed by atoms with Crippen molar-refractivity contribution in [3.8, 4) is 23.0 Å². The summed E-state index contributed by atoms with van der Waals surface area (Å²) in [5.41, 5.74) is -0.0701. The number of nitrogens with zero attached hydrogens (tertiary/aromatic N) is 3. The van der Waals surface area contributed by atoms with Crippen molar-refractivity contribution in [2.24, 2.45) is 28.8 Å². The van der Waals surface area contributed by atoms with Crippen LogP contribution in [-0.2, 0) is 23.8 Å². The Kier molecular flexibility index (Phi) is 15.3. The molecule has 0 unspecified atom stereocenters. The van der Waals surface area contributed by atoms with Crippen LogP contribution in [0.5, 0.6) is 23.0 Å². The van der Waals surface area contributed by atoms with Gasteiger partial charge in [-0.2, -0.15) is 5.10 Å². The van der Waals surface area contributed by atoms with E-state index in [0.29, 0.717) is 5.56 Å². The maximum Gasteiger partial charge on any atom is 0.312 e. The molecule has 0 radical (unpaired) electrons. The minimum Gasteiger partial charge on any atom is -0.507 e. The summed E-state index contributed by atoms with van der Waals surface area (Å²) in [6.07, 6.45) is 4.62. The summed E-state index contributed by atoms with van der Waals surface area (Å²) < 4.78 is 23.7. The Hall–Kier alpha value is -6.43. The first-order valence-corrected chi connectivity index (χ1v) is 22.8. The Morgan fingerprint density at radius 2 is 1.53 bits per heavy atom. The molecule has 7 rings (SSSR count). The maximum absolute atomic E-state index is 14.6. The van der Waals surface area contributed by atoms with E-state index in [1.807, 2.05) is 19.9 Å². The molecule has 5 bridgehead atoms. The minimum absolute atomic E-state index is 0.0221. The largest absolute Gasteiger partial charge is 0.507 e. The van der Waals surface area contributed by atoms with E-state index in [1.165, 1.54) is 59.4 Å². The highest BCUT2D eigenvalue weighted by molar-refractivity contribution is 6.24. The number of amides is 2. The first kappa shape index (κ1) is 51.0. The third-order valence-electron chi connectivity index (χ3n) is 13.5. The van der Waals surface area contributed by atoms with Crippen molar-refractivity contribution in [1.29, 1.82) is 0 Å². The zero-order chi connectivity index (χ0) is 50.1. The average Bonchev–Trinajstić information content (AvgIpc) is 3.56. The molecule has 17 nitrogen and oxygen atoms in total. The number of carbonyl (C=O) groups excluding carboxylic acids is 4. The smallest absolute Gasteiger partial charge is 0.312 e. The lowest BCUT2D eigenvalue weighted by atomic mass is 9.78. The number of hydrazone groups is 1. The van der Waals surface area contributed by atoms with E-state index in [0.717, 1.165) is 0 Å². The summed E-state index contributed by atoms with van der Waals surface area (Å²) in [5, 5.41) is 67.6. The number of aromatic hydroxyl groups is 3. The Morgan fingerprint density at radius 3 is 2.15 bits per heavy atom. The number of carbonyl (C=O) groups is 4. The minimum atomic E-state index is -2.09. The number of methoxy groups -OCH3 is 1. The summed E-state index contributed by atoms with van der Waals surface area (Å²) in [7, 11) is 1.43. The van der Waals surface area contributed by atoms with Crippen LogP contribution in [0, 0.1) is 30.6 Å². The number of nitrogens with one attached hydrogen (secondary N) is 1. The molecule has 6 N–H and O–H groups in total. The fourth-order valence-corrected chi connectivity index (χ4v) is 9.53. The number of ether oxygens (including phenoxy) is 4. The molecule has 68 heavy (non-hydrogen) atoms. The van der Waals surface area contributed by atoms with E-state index in [-0.39, 0.29) is 75.6 Å². The molecule has 17 heteroatoms. The van der Waals surface area contributed by atoms with Crippen molar-refractivity contribution in [1.82, 2.24) is 9.91 Å². The number of hydrogen-bond donors (Lipinski definition) is 6. The van der Waals surface area contributed by atoms with Gasteiger partial charge in [0, 0.05) is 78.8 Å². The second-order valence-corrected chi connectivity index (χ2v) is 18.5. The summed E-state index contributed by atoms with van der Waals surface area (Å²) in [6.45, 7) is 16.8. The normalized spacial score (nSPS) is 29.5. The van der Waals surface area contributed by atoms with Crippen LogP contribution in [-0.4, -0.2) is 128 Å². The van der Waals surface area contributed by atoms with Gasteiger partial charge in [0.05, 0.1) is 66.1 Å². The summed E-state index contributed by atoms with van der Waals surface area (Å²) in [6, 6.07) is 8.30. The van der Waals surface area contributed by atoms with E-state index >= 15 is 0 Å². The molecule has 3 aromatic carbocycles. The highest BCUT2D eigenvalue weighted by Gasteiger charge is 2.50. The number of piperazine rings is 1. The summed E-state index contributed by atoms with van der Waals surface area (Å²) >= 11 is 0. The first-order valence-electron chi connectivity index (χ1n) is 22.8. The molecule has 0 saturated carbocycles. The molecule has 1 saturated heterocycles. The van der Waals surface area contributed by atoms with E-state index in [1.54, 1.807) is 74.0 Å². The van der Waals surface area contributed by atoms with Crippen LogP contribution in [0.2, 0.25) is 0 Å². The number of phenols is 3. The summed E-state index contributed by atoms with van der Waals surface area (Å²) in [4.78, 5) is 56.3. The second-order valence-electron chi connectivity index (χ2n) is 18.5. The number of hydrogen-bond acceptors (Lipinski definition) is 15. The van der Waals surface area contributed by atoms with E-state index in [4.69, 9.17) is 18.9 Å². The molecular formula is C51H64N4O13. The quantitative estimate of drug-likeness (QED) is 0.0711. The second kappa shape index (κ2) is 20.4. The Bertz CT molecular complexity index is 2550. The van der Waals surface area contributed by atoms with Crippen molar-refractivity contribution in [2.75, 3.05) is 25.5 Å². The Morgan fingerprint density at radius 1 is 0.882 bits per heavy atom. The van der Waals surface area contributed by atoms with Gasteiger partial charge in [-0.05, 0) is 45.9 Å². The van der Waals surface area contributed by atoms with Crippen LogP contribution in [0.1, 0.15) is 94.2 Å². The van der Waals surface area contributed by atoms with E-state index in [2.05, 4.69) is 10.4 Å². The maximum atomic E-state index is 14.6. The molecule has 0 aliphatic carbocycles. The molecule has 0 aromatic heterocycles. The van der Waals surface area contributed by atoms with Crippen molar-refractivity contribution >= 4 is 46.2 Å². The molecule has 0 spiro atoms. The molecular weight excluding hydrogens is 877 g/mol. The van der Waals surface area contributed by atoms with Gasteiger partial charge in [0.25, 0.3) is 17.6 Å². The van der Waals surface area contributed by atoms with Crippen molar-refractivity contribution in [3.05, 3.63) is 88.7 Å². The van der Waals surface area contributed by atoms with Gasteiger partial charge < -0.3 is 54.7 Å². The first-order chi connectivity index (χ1) is 32.0.